The molecule has 1 atom stereocenters. The summed E-state index contributed by atoms with van der Waals surface area (Å²) >= 11 is 0. The number of carbonyl (C=O) groups excluding carboxylic acids is 1. The van der Waals surface area contributed by atoms with Crippen LogP contribution >= 0.6 is 0 Å². The molecule has 18 heavy (non-hydrogen) atoms. The monoisotopic (exact) mass is 254 g/mol. The van der Waals surface area contributed by atoms with Crippen LogP contribution in [0.15, 0.2) is 11.6 Å². The van der Waals surface area contributed by atoms with E-state index in [0.29, 0.717) is 19.6 Å². The fourth-order valence-corrected chi connectivity index (χ4v) is 2.25. The van der Waals surface area contributed by atoms with Crippen molar-refractivity contribution in [3.63, 3.8) is 0 Å². The van der Waals surface area contributed by atoms with Gasteiger partial charge in [0.2, 0.25) is 0 Å². The quantitative estimate of drug-likeness (QED) is 0.693. The summed E-state index contributed by atoms with van der Waals surface area (Å²) in [5.74, 6) is -1.01. The Balaban J connectivity index is 1.96. The van der Waals surface area contributed by atoms with E-state index in [1.54, 1.807) is 9.80 Å². The van der Waals surface area contributed by atoms with Crippen molar-refractivity contribution in [2.75, 3.05) is 32.8 Å². The largest absolute Gasteiger partial charge is 0.479 e. The lowest BCUT2D eigenvalue weighted by Gasteiger charge is -2.36. The zero-order valence-electron chi connectivity index (χ0n) is 10.5. The third kappa shape index (κ3) is 2.81. The van der Waals surface area contributed by atoms with Crippen molar-refractivity contribution in [3.8, 4) is 0 Å². The Bertz CT molecular complexity index is 380. The summed E-state index contributed by atoms with van der Waals surface area (Å²) in [5.41, 5.74) is 1.18. The summed E-state index contributed by atoms with van der Waals surface area (Å²) in [7, 11) is 0. The number of carboxylic acid groups (broad SMARTS) is 1. The summed E-state index contributed by atoms with van der Waals surface area (Å²) in [6.07, 6.45) is 2.09. The molecule has 1 saturated heterocycles. The highest BCUT2D eigenvalue weighted by Gasteiger charge is 2.31. The molecular formula is C12H18N2O4. The highest BCUT2D eigenvalue weighted by molar-refractivity contribution is 5.78. The van der Waals surface area contributed by atoms with E-state index in [9.17, 15) is 9.59 Å². The summed E-state index contributed by atoms with van der Waals surface area (Å²) in [6.45, 7) is 4.21. The minimum Gasteiger partial charge on any atom is -0.479 e. The predicted molar refractivity (Wildman–Crippen MR) is 64.3 cm³/mol. The lowest BCUT2D eigenvalue weighted by molar-refractivity contribution is -0.154. The second kappa shape index (κ2) is 5.39. The summed E-state index contributed by atoms with van der Waals surface area (Å²) in [6, 6.07) is -0.0861. The zero-order valence-corrected chi connectivity index (χ0v) is 10.5. The molecule has 0 spiro atoms. The smallest absolute Gasteiger partial charge is 0.334 e. The summed E-state index contributed by atoms with van der Waals surface area (Å²) in [5, 5.41) is 8.90. The molecule has 100 valence electrons. The van der Waals surface area contributed by atoms with Gasteiger partial charge in [-0.25, -0.2) is 9.59 Å². The van der Waals surface area contributed by atoms with E-state index in [-0.39, 0.29) is 19.2 Å². The Labute approximate surface area is 106 Å². The van der Waals surface area contributed by atoms with E-state index < -0.39 is 12.1 Å². The van der Waals surface area contributed by atoms with Crippen LogP contribution in [0.2, 0.25) is 0 Å². The molecular weight excluding hydrogens is 236 g/mol. The average molecular weight is 254 g/mol. The van der Waals surface area contributed by atoms with E-state index in [1.807, 2.05) is 6.92 Å². The van der Waals surface area contributed by atoms with E-state index >= 15 is 0 Å². The molecule has 2 aliphatic rings. The maximum Gasteiger partial charge on any atom is 0.334 e. The molecule has 2 heterocycles. The molecule has 0 aromatic carbocycles. The van der Waals surface area contributed by atoms with Gasteiger partial charge in [-0.15, -0.1) is 0 Å². The topological polar surface area (TPSA) is 70.1 Å². The maximum atomic E-state index is 12.2. The average Bonchev–Trinajstić information content (AvgIpc) is 2.38. The molecule has 6 nitrogen and oxygen atoms in total. The third-order valence-corrected chi connectivity index (χ3v) is 3.22. The number of amides is 2. The Morgan fingerprint density at radius 1 is 1.39 bits per heavy atom. The number of urea groups is 1. The number of carbonyl (C=O) groups is 2. The van der Waals surface area contributed by atoms with Gasteiger partial charge in [0, 0.05) is 19.6 Å². The zero-order chi connectivity index (χ0) is 13.1. The molecule has 2 amide bonds. The van der Waals surface area contributed by atoms with Crippen LogP contribution < -0.4 is 0 Å². The molecule has 0 aliphatic carbocycles. The normalized spacial score (nSPS) is 24.7. The van der Waals surface area contributed by atoms with Gasteiger partial charge < -0.3 is 19.6 Å². The number of ether oxygens (including phenoxy) is 1. The fourth-order valence-electron chi connectivity index (χ4n) is 2.25. The fraction of sp³-hybridized carbons (Fsp3) is 0.667. The molecule has 0 aromatic rings. The second-order valence-corrected chi connectivity index (χ2v) is 4.69. The van der Waals surface area contributed by atoms with Crippen LogP contribution in [0.25, 0.3) is 0 Å². The maximum absolute atomic E-state index is 12.2. The minimum atomic E-state index is -1.01. The molecule has 1 N–H and O–H groups in total. The van der Waals surface area contributed by atoms with Gasteiger partial charge in [-0.3, -0.25) is 0 Å². The first-order valence-electron chi connectivity index (χ1n) is 6.12. The van der Waals surface area contributed by atoms with Crippen molar-refractivity contribution >= 4 is 12.0 Å². The van der Waals surface area contributed by atoms with Crippen molar-refractivity contribution in [3.05, 3.63) is 11.6 Å². The summed E-state index contributed by atoms with van der Waals surface area (Å²) < 4.78 is 5.10. The van der Waals surface area contributed by atoms with E-state index in [1.165, 1.54) is 5.57 Å². The standard InChI is InChI=1S/C12H18N2O4/c1-9-3-2-4-13(7-9)12(17)14-5-6-18-10(8-14)11(15)16/h3,10H,2,4-8H2,1H3,(H,15,16). The first kappa shape index (κ1) is 12.9. The number of hydrogen-bond donors (Lipinski definition) is 1. The van der Waals surface area contributed by atoms with Crippen LogP contribution in [-0.4, -0.2) is 65.8 Å². The number of morpholine rings is 1. The van der Waals surface area contributed by atoms with Crippen molar-refractivity contribution in [2.45, 2.75) is 19.4 Å². The van der Waals surface area contributed by atoms with Crippen molar-refractivity contribution < 1.29 is 19.4 Å². The Kier molecular flexibility index (Phi) is 3.86. The molecule has 1 fully saturated rings. The highest BCUT2D eigenvalue weighted by atomic mass is 16.5. The van der Waals surface area contributed by atoms with Crippen LogP contribution in [0.1, 0.15) is 13.3 Å². The number of aliphatic carboxylic acids is 1. The molecule has 6 heteroatoms. The number of nitrogens with zero attached hydrogens (tertiary/aromatic N) is 2. The first-order valence-corrected chi connectivity index (χ1v) is 6.12. The number of hydrogen-bond acceptors (Lipinski definition) is 3. The SMILES string of the molecule is CC1=CCCN(C(=O)N2CCOC(C(=O)O)C2)C1. The molecule has 0 bridgehead atoms. The van der Waals surface area contributed by atoms with Crippen LogP contribution in [0.3, 0.4) is 0 Å². The van der Waals surface area contributed by atoms with Gasteiger partial charge in [0.15, 0.2) is 6.10 Å². The molecule has 0 saturated carbocycles. The van der Waals surface area contributed by atoms with Gasteiger partial charge in [0.1, 0.15) is 0 Å². The highest BCUT2D eigenvalue weighted by Crippen LogP contribution is 2.14. The first-order chi connectivity index (χ1) is 8.58. The lowest BCUT2D eigenvalue weighted by atomic mass is 10.1. The van der Waals surface area contributed by atoms with E-state index in [0.717, 1.165) is 6.42 Å². The molecule has 2 aliphatic heterocycles. The number of rotatable bonds is 1. The van der Waals surface area contributed by atoms with E-state index in [2.05, 4.69) is 6.08 Å². The van der Waals surface area contributed by atoms with Crippen LogP contribution in [0.5, 0.6) is 0 Å². The Morgan fingerprint density at radius 3 is 2.83 bits per heavy atom. The Hall–Kier alpha value is -1.56. The van der Waals surface area contributed by atoms with Crippen LogP contribution in [0, 0.1) is 0 Å². The van der Waals surface area contributed by atoms with Gasteiger partial charge in [-0.1, -0.05) is 11.6 Å². The van der Waals surface area contributed by atoms with Crippen molar-refractivity contribution in [1.82, 2.24) is 9.80 Å². The summed E-state index contributed by atoms with van der Waals surface area (Å²) in [4.78, 5) is 26.4. The van der Waals surface area contributed by atoms with E-state index in [4.69, 9.17) is 9.84 Å². The Morgan fingerprint density at radius 2 is 2.17 bits per heavy atom. The third-order valence-electron chi connectivity index (χ3n) is 3.22. The van der Waals surface area contributed by atoms with Gasteiger partial charge in [0.25, 0.3) is 0 Å². The van der Waals surface area contributed by atoms with Gasteiger partial charge in [-0.2, -0.15) is 0 Å². The van der Waals surface area contributed by atoms with Crippen molar-refractivity contribution in [2.24, 2.45) is 0 Å². The lowest BCUT2D eigenvalue weighted by Crippen LogP contribution is -2.53. The van der Waals surface area contributed by atoms with Gasteiger partial charge >= 0.3 is 12.0 Å². The molecule has 0 radical (unpaired) electrons. The van der Waals surface area contributed by atoms with Crippen LogP contribution in [0.4, 0.5) is 4.79 Å². The minimum absolute atomic E-state index is 0.0861. The molecule has 0 aromatic heterocycles. The predicted octanol–water partition coefficient (Wildman–Crippen LogP) is 0.544. The molecule has 2 rings (SSSR count). The van der Waals surface area contributed by atoms with Crippen molar-refractivity contribution in [1.29, 1.82) is 0 Å². The van der Waals surface area contributed by atoms with Gasteiger partial charge in [-0.05, 0) is 13.3 Å². The second-order valence-electron chi connectivity index (χ2n) is 4.69. The van der Waals surface area contributed by atoms with Crippen LogP contribution in [-0.2, 0) is 9.53 Å². The van der Waals surface area contributed by atoms with Gasteiger partial charge in [0.05, 0.1) is 13.2 Å². The number of carboxylic acids is 1. The molecule has 1 unspecified atom stereocenters.